The highest BCUT2D eigenvalue weighted by atomic mass is 32.2. The number of carbonyl (C=O) groups is 1. The van der Waals surface area contributed by atoms with Crippen LogP contribution < -0.4 is 15.4 Å². The van der Waals surface area contributed by atoms with Crippen LogP contribution in [0.5, 0.6) is 5.75 Å². The number of hydrogen-bond donors (Lipinski definition) is 2. The molecule has 1 aliphatic rings. The summed E-state index contributed by atoms with van der Waals surface area (Å²) in [5.41, 5.74) is 5.40. The van der Waals surface area contributed by atoms with E-state index in [0.29, 0.717) is 16.7 Å². The summed E-state index contributed by atoms with van der Waals surface area (Å²) in [7, 11) is 1.63. The highest BCUT2D eigenvalue weighted by Crippen LogP contribution is 2.37. The molecule has 0 aliphatic carbocycles. The molecule has 1 unspecified atom stereocenters. The van der Waals surface area contributed by atoms with Gasteiger partial charge in [0.05, 0.1) is 12.7 Å². The summed E-state index contributed by atoms with van der Waals surface area (Å²) in [4.78, 5) is 18.3. The van der Waals surface area contributed by atoms with Crippen LogP contribution in [0.1, 0.15) is 29.7 Å². The number of aryl methyl sites for hydroxylation is 1. The average Bonchev–Trinajstić information content (AvgIpc) is 3.29. The topological polar surface area (TPSA) is 81.1 Å². The number of thioether (sulfide) groups is 1. The Kier molecular flexibility index (Phi) is 6.77. The number of hydrogen-bond acceptors (Lipinski definition) is 6. The van der Waals surface area contributed by atoms with Crippen molar-refractivity contribution >= 4 is 29.3 Å². The van der Waals surface area contributed by atoms with Crippen molar-refractivity contribution in [1.29, 1.82) is 0 Å². The minimum absolute atomic E-state index is 0.192. The zero-order chi connectivity index (χ0) is 25.1. The first-order valence-corrected chi connectivity index (χ1v) is 12.6. The van der Waals surface area contributed by atoms with E-state index in [1.165, 1.54) is 11.1 Å². The van der Waals surface area contributed by atoms with E-state index in [1.54, 1.807) is 23.6 Å². The van der Waals surface area contributed by atoms with E-state index in [1.807, 2.05) is 61.5 Å². The Bertz CT molecular complexity index is 1410. The van der Waals surface area contributed by atoms with Crippen LogP contribution in [0.25, 0.3) is 0 Å². The van der Waals surface area contributed by atoms with Crippen LogP contribution in [0.3, 0.4) is 0 Å². The summed E-state index contributed by atoms with van der Waals surface area (Å²) in [5, 5.41) is 11.8. The molecule has 0 fully saturated rings. The first-order valence-electron chi connectivity index (χ1n) is 11.6. The van der Waals surface area contributed by atoms with Crippen molar-refractivity contribution in [2.24, 2.45) is 0 Å². The van der Waals surface area contributed by atoms with Crippen LogP contribution in [0, 0.1) is 6.92 Å². The normalized spacial score (nSPS) is 14.7. The molecular weight excluding hydrogens is 470 g/mol. The molecule has 0 radical (unpaired) electrons. The van der Waals surface area contributed by atoms with Crippen LogP contribution in [-0.4, -0.2) is 27.8 Å². The molecule has 36 heavy (non-hydrogen) atoms. The number of rotatable bonds is 7. The number of anilines is 2. The van der Waals surface area contributed by atoms with Crippen LogP contribution in [0.2, 0.25) is 0 Å². The van der Waals surface area contributed by atoms with E-state index >= 15 is 0 Å². The first kappa shape index (κ1) is 23.7. The van der Waals surface area contributed by atoms with Crippen molar-refractivity contribution in [1.82, 2.24) is 14.8 Å². The zero-order valence-corrected chi connectivity index (χ0v) is 21.2. The molecule has 3 aromatic carbocycles. The van der Waals surface area contributed by atoms with Crippen molar-refractivity contribution in [3.63, 3.8) is 0 Å². The van der Waals surface area contributed by atoms with Gasteiger partial charge in [-0.05, 0) is 49.2 Å². The third kappa shape index (κ3) is 4.99. The van der Waals surface area contributed by atoms with Gasteiger partial charge in [-0.2, -0.15) is 4.98 Å². The van der Waals surface area contributed by atoms with Crippen molar-refractivity contribution in [3.8, 4) is 5.75 Å². The van der Waals surface area contributed by atoms with Crippen LogP contribution in [-0.2, 0) is 10.5 Å². The number of ether oxygens (including phenoxy) is 1. The number of allylic oxidation sites excluding steroid dienone is 1. The third-order valence-corrected chi connectivity index (χ3v) is 6.90. The van der Waals surface area contributed by atoms with Gasteiger partial charge < -0.3 is 15.4 Å². The summed E-state index contributed by atoms with van der Waals surface area (Å²) in [5.74, 6) is 1.92. The quantitative estimate of drug-likeness (QED) is 0.314. The summed E-state index contributed by atoms with van der Waals surface area (Å²) >= 11 is 1.57. The third-order valence-electron chi connectivity index (χ3n) is 5.99. The molecule has 4 aromatic rings. The highest BCUT2D eigenvalue weighted by Gasteiger charge is 2.34. The Morgan fingerprint density at radius 1 is 1.06 bits per heavy atom. The standard InChI is InChI=1S/C28H27N5O2S/c1-18-8-7-9-20(16-18)17-36-28-31-27-29-19(2)24(26(34)30-22-10-5-4-6-11-22)25(33(27)32-28)21-12-14-23(35-3)15-13-21/h4-16,25H,17H2,1-3H3,(H,30,34)(H,29,31,32). The molecule has 182 valence electrons. The molecule has 0 bridgehead atoms. The molecule has 5 rings (SSSR count). The largest absolute Gasteiger partial charge is 0.497 e. The van der Waals surface area contributed by atoms with Crippen molar-refractivity contribution < 1.29 is 9.53 Å². The minimum atomic E-state index is -0.448. The maximum absolute atomic E-state index is 13.5. The summed E-state index contributed by atoms with van der Waals surface area (Å²) in [6, 6.07) is 25.1. The average molecular weight is 498 g/mol. The number of para-hydroxylation sites is 1. The van der Waals surface area contributed by atoms with E-state index in [2.05, 4.69) is 41.8 Å². The lowest BCUT2D eigenvalue weighted by Crippen LogP contribution is -2.31. The maximum atomic E-state index is 13.5. The number of methoxy groups -OCH3 is 1. The number of fused-ring (bicyclic) bond motifs is 1. The van der Waals surface area contributed by atoms with Gasteiger partial charge in [0.2, 0.25) is 11.1 Å². The molecule has 2 heterocycles. The van der Waals surface area contributed by atoms with E-state index in [4.69, 9.17) is 14.8 Å². The minimum Gasteiger partial charge on any atom is -0.497 e. The second kappa shape index (κ2) is 10.3. The summed E-state index contributed by atoms with van der Waals surface area (Å²) in [6.45, 7) is 3.98. The Balaban J connectivity index is 1.49. The van der Waals surface area contributed by atoms with Gasteiger partial charge in [-0.3, -0.25) is 4.79 Å². The van der Waals surface area contributed by atoms with Gasteiger partial charge in [0.1, 0.15) is 11.8 Å². The molecule has 0 saturated heterocycles. The molecule has 8 heteroatoms. The summed E-state index contributed by atoms with van der Waals surface area (Å²) in [6.07, 6.45) is 0. The van der Waals surface area contributed by atoms with E-state index in [-0.39, 0.29) is 5.91 Å². The van der Waals surface area contributed by atoms with E-state index in [0.717, 1.165) is 28.5 Å². The monoisotopic (exact) mass is 497 g/mol. The lowest BCUT2D eigenvalue weighted by atomic mass is 9.95. The molecule has 0 spiro atoms. The van der Waals surface area contributed by atoms with Crippen molar-refractivity contribution in [3.05, 3.63) is 107 Å². The fourth-order valence-corrected chi connectivity index (χ4v) is 5.02. The number of aromatic nitrogens is 3. The zero-order valence-electron chi connectivity index (χ0n) is 20.4. The number of nitrogens with zero attached hydrogens (tertiary/aromatic N) is 3. The van der Waals surface area contributed by atoms with Crippen LogP contribution in [0.15, 0.2) is 95.3 Å². The molecule has 1 aliphatic heterocycles. The Morgan fingerprint density at radius 3 is 2.56 bits per heavy atom. The second-order valence-corrected chi connectivity index (χ2v) is 9.54. The lowest BCUT2D eigenvalue weighted by molar-refractivity contribution is -0.113. The number of benzene rings is 3. The van der Waals surface area contributed by atoms with Gasteiger partial charge in [0.25, 0.3) is 5.91 Å². The van der Waals surface area contributed by atoms with Gasteiger partial charge in [0, 0.05) is 17.1 Å². The van der Waals surface area contributed by atoms with Crippen molar-refractivity contribution in [2.75, 3.05) is 17.7 Å². The van der Waals surface area contributed by atoms with Crippen LogP contribution in [0.4, 0.5) is 11.6 Å². The maximum Gasteiger partial charge on any atom is 0.255 e. The fraction of sp³-hybridized carbons (Fsp3) is 0.179. The van der Waals surface area contributed by atoms with Crippen molar-refractivity contribution in [2.45, 2.75) is 30.8 Å². The highest BCUT2D eigenvalue weighted by molar-refractivity contribution is 7.98. The number of carbonyl (C=O) groups excluding carboxylic acids is 1. The Morgan fingerprint density at radius 2 is 1.83 bits per heavy atom. The molecule has 7 nitrogen and oxygen atoms in total. The molecular formula is C28H27N5O2S. The molecule has 2 N–H and O–H groups in total. The van der Waals surface area contributed by atoms with Gasteiger partial charge in [0.15, 0.2) is 0 Å². The van der Waals surface area contributed by atoms with Gasteiger partial charge in [-0.1, -0.05) is 71.9 Å². The fourth-order valence-electron chi connectivity index (χ4n) is 4.25. The van der Waals surface area contributed by atoms with E-state index in [9.17, 15) is 4.79 Å². The predicted octanol–water partition coefficient (Wildman–Crippen LogP) is 5.82. The molecule has 0 saturated carbocycles. The SMILES string of the molecule is COc1ccc(C2C(C(=O)Nc3ccccc3)=C(C)Nc3nc(SCc4cccc(C)c4)nn32)cc1. The first-order chi connectivity index (χ1) is 17.5. The molecule has 1 aromatic heterocycles. The number of nitrogens with one attached hydrogen (secondary N) is 2. The number of amides is 1. The molecule has 1 atom stereocenters. The Hall–Kier alpha value is -4.04. The van der Waals surface area contributed by atoms with Crippen LogP contribution >= 0.6 is 11.8 Å². The van der Waals surface area contributed by atoms with Gasteiger partial charge in [-0.25, -0.2) is 4.68 Å². The van der Waals surface area contributed by atoms with Gasteiger partial charge >= 0.3 is 0 Å². The van der Waals surface area contributed by atoms with E-state index < -0.39 is 6.04 Å². The second-order valence-electron chi connectivity index (χ2n) is 8.60. The summed E-state index contributed by atoms with van der Waals surface area (Å²) < 4.78 is 7.14. The predicted molar refractivity (Wildman–Crippen MR) is 143 cm³/mol. The smallest absolute Gasteiger partial charge is 0.255 e. The lowest BCUT2D eigenvalue weighted by Gasteiger charge is -2.28. The molecule has 1 amide bonds. The van der Waals surface area contributed by atoms with Gasteiger partial charge in [-0.15, -0.1) is 5.10 Å². The Labute approximate surface area is 214 Å².